The van der Waals surface area contributed by atoms with Crippen molar-refractivity contribution in [3.63, 3.8) is 0 Å². The third-order valence-electron chi connectivity index (χ3n) is 4.29. The molecule has 17 heavy (non-hydrogen) atoms. The van der Waals surface area contributed by atoms with Gasteiger partial charge in [-0.25, -0.2) is 0 Å². The van der Waals surface area contributed by atoms with Crippen molar-refractivity contribution in [1.29, 1.82) is 0 Å². The molecule has 0 bridgehead atoms. The van der Waals surface area contributed by atoms with Crippen molar-refractivity contribution >= 4 is 0 Å². The summed E-state index contributed by atoms with van der Waals surface area (Å²) in [5.41, 5.74) is 1.46. The van der Waals surface area contributed by atoms with Crippen LogP contribution in [-0.2, 0) is 6.54 Å². The van der Waals surface area contributed by atoms with Crippen molar-refractivity contribution < 1.29 is 0 Å². The van der Waals surface area contributed by atoms with Crippen LogP contribution in [-0.4, -0.2) is 30.6 Å². The molecule has 2 heteroatoms. The van der Waals surface area contributed by atoms with Crippen LogP contribution in [0.1, 0.15) is 24.8 Å². The molecular formula is C15H22N2. The van der Waals surface area contributed by atoms with Crippen LogP contribution in [0.3, 0.4) is 0 Å². The van der Waals surface area contributed by atoms with Gasteiger partial charge in [-0.05, 0) is 50.4 Å². The molecule has 2 aliphatic rings. The molecular weight excluding hydrogens is 208 g/mol. The average Bonchev–Trinajstić information content (AvgIpc) is 2.61. The van der Waals surface area contributed by atoms with Gasteiger partial charge in [0.15, 0.2) is 0 Å². The molecule has 0 spiro atoms. The summed E-state index contributed by atoms with van der Waals surface area (Å²) in [5.74, 6) is 0.890. The molecule has 0 saturated carbocycles. The van der Waals surface area contributed by atoms with Crippen molar-refractivity contribution in [1.82, 2.24) is 10.2 Å². The molecule has 92 valence electrons. The zero-order chi connectivity index (χ0) is 11.5. The molecule has 2 aliphatic heterocycles. The summed E-state index contributed by atoms with van der Waals surface area (Å²) in [6.07, 6.45) is 4.10. The number of nitrogens with zero attached hydrogens (tertiary/aromatic N) is 1. The minimum atomic E-state index is 0.824. The van der Waals surface area contributed by atoms with Crippen LogP contribution in [0.5, 0.6) is 0 Å². The Morgan fingerprint density at radius 2 is 2.06 bits per heavy atom. The molecule has 1 aromatic carbocycles. The summed E-state index contributed by atoms with van der Waals surface area (Å²) in [6.45, 7) is 4.87. The SMILES string of the molecule is c1ccc(CN2CC[C@@H]3CNCCC[C@H]32)cc1. The minimum Gasteiger partial charge on any atom is -0.316 e. The van der Waals surface area contributed by atoms with E-state index in [0.717, 1.165) is 18.5 Å². The number of hydrogen-bond donors (Lipinski definition) is 1. The first-order valence-corrected chi connectivity index (χ1v) is 6.92. The zero-order valence-electron chi connectivity index (χ0n) is 10.4. The topological polar surface area (TPSA) is 15.3 Å². The first-order chi connectivity index (χ1) is 8.43. The fourth-order valence-electron chi connectivity index (χ4n) is 3.38. The lowest BCUT2D eigenvalue weighted by molar-refractivity contribution is 0.212. The standard InChI is InChI=1S/C15H22N2/c1-2-5-13(6-3-1)12-17-10-8-14-11-16-9-4-7-15(14)17/h1-3,5-6,14-16H,4,7-12H2/t14-,15-/m1/s1. The van der Waals surface area contributed by atoms with E-state index in [1.165, 1.54) is 44.5 Å². The van der Waals surface area contributed by atoms with Gasteiger partial charge in [0, 0.05) is 12.6 Å². The Hall–Kier alpha value is -0.860. The number of nitrogens with one attached hydrogen (secondary N) is 1. The van der Waals surface area contributed by atoms with Crippen LogP contribution in [0.25, 0.3) is 0 Å². The van der Waals surface area contributed by atoms with Crippen LogP contribution in [0.4, 0.5) is 0 Å². The van der Waals surface area contributed by atoms with E-state index in [0.29, 0.717) is 0 Å². The molecule has 2 fully saturated rings. The second kappa shape index (κ2) is 5.19. The molecule has 2 atom stereocenters. The fourth-order valence-corrected chi connectivity index (χ4v) is 3.38. The van der Waals surface area contributed by atoms with Crippen molar-refractivity contribution in [2.24, 2.45) is 5.92 Å². The summed E-state index contributed by atoms with van der Waals surface area (Å²) >= 11 is 0. The third kappa shape index (κ3) is 2.53. The lowest BCUT2D eigenvalue weighted by Gasteiger charge is -2.26. The summed E-state index contributed by atoms with van der Waals surface area (Å²) in [4.78, 5) is 2.70. The van der Waals surface area contributed by atoms with E-state index < -0.39 is 0 Å². The highest BCUT2D eigenvalue weighted by Gasteiger charge is 2.34. The molecule has 3 rings (SSSR count). The summed E-state index contributed by atoms with van der Waals surface area (Å²) in [7, 11) is 0. The van der Waals surface area contributed by atoms with Gasteiger partial charge in [-0.3, -0.25) is 4.90 Å². The molecule has 0 radical (unpaired) electrons. The monoisotopic (exact) mass is 230 g/mol. The van der Waals surface area contributed by atoms with Crippen LogP contribution < -0.4 is 5.32 Å². The first-order valence-electron chi connectivity index (χ1n) is 6.92. The third-order valence-corrected chi connectivity index (χ3v) is 4.29. The molecule has 2 heterocycles. The Morgan fingerprint density at radius 3 is 2.94 bits per heavy atom. The van der Waals surface area contributed by atoms with Crippen molar-refractivity contribution in [3.8, 4) is 0 Å². The van der Waals surface area contributed by atoms with E-state index in [4.69, 9.17) is 0 Å². The van der Waals surface area contributed by atoms with Gasteiger partial charge >= 0.3 is 0 Å². The Bertz CT molecular complexity index is 349. The van der Waals surface area contributed by atoms with Crippen LogP contribution in [0.15, 0.2) is 30.3 Å². The number of likely N-dealkylation sites (tertiary alicyclic amines) is 1. The minimum absolute atomic E-state index is 0.824. The largest absolute Gasteiger partial charge is 0.316 e. The second-order valence-corrected chi connectivity index (χ2v) is 5.42. The van der Waals surface area contributed by atoms with Gasteiger partial charge in [0.05, 0.1) is 0 Å². The number of hydrogen-bond acceptors (Lipinski definition) is 2. The highest BCUT2D eigenvalue weighted by molar-refractivity contribution is 5.15. The zero-order valence-corrected chi connectivity index (χ0v) is 10.4. The van der Waals surface area contributed by atoms with E-state index >= 15 is 0 Å². The molecule has 0 unspecified atom stereocenters. The fraction of sp³-hybridized carbons (Fsp3) is 0.600. The van der Waals surface area contributed by atoms with Gasteiger partial charge in [0.1, 0.15) is 0 Å². The summed E-state index contributed by atoms with van der Waals surface area (Å²) in [6, 6.07) is 11.7. The molecule has 1 aromatic rings. The number of benzene rings is 1. The van der Waals surface area contributed by atoms with Gasteiger partial charge in [-0.2, -0.15) is 0 Å². The van der Waals surface area contributed by atoms with E-state index in [9.17, 15) is 0 Å². The maximum absolute atomic E-state index is 3.58. The van der Waals surface area contributed by atoms with Gasteiger partial charge < -0.3 is 5.32 Å². The number of fused-ring (bicyclic) bond motifs is 1. The predicted octanol–water partition coefficient (Wildman–Crippen LogP) is 2.26. The quantitative estimate of drug-likeness (QED) is 0.838. The van der Waals surface area contributed by atoms with E-state index in [-0.39, 0.29) is 0 Å². The van der Waals surface area contributed by atoms with Crippen LogP contribution in [0, 0.1) is 5.92 Å². The Balaban J connectivity index is 1.67. The molecule has 1 N–H and O–H groups in total. The van der Waals surface area contributed by atoms with Gasteiger partial charge in [-0.15, -0.1) is 0 Å². The van der Waals surface area contributed by atoms with Crippen molar-refractivity contribution in [2.75, 3.05) is 19.6 Å². The van der Waals surface area contributed by atoms with E-state index in [1.807, 2.05) is 0 Å². The maximum atomic E-state index is 3.58. The normalized spacial score (nSPS) is 29.9. The molecule has 0 amide bonds. The average molecular weight is 230 g/mol. The lowest BCUT2D eigenvalue weighted by atomic mass is 9.98. The Labute approximate surface area is 104 Å². The maximum Gasteiger partial charge on any atom is 0.0236 e. The first kappa shape index (κ1) is 11.2. The Morgan fingerprint density at radius 1 is 1.18 bits per heavy atom. The van der Waals surface area contributed by atoms with Crippen LogP contribution >= 0.6 is 0 Å². The molecule has 2 nitrogen and oxygen atoms in total. The van der Waals surface area contributed by atoms with Gasteiger partial charge in [0.2, 0.25) is 0 Å². The molecule has 0 aliphatic carbocycles. The smallest absolute Gasteiger partial charge is 0.0236 e. The van der Waals surface area contributed by atoms with Crippen molar-refractivity contribution in [3.05, 3.63) is 35.9 Å². The summed E-state index contributed by atoms with van der Waals surface area (Å²) in [5, 5.41) is 3.58. The Kier molecular flexibility index (Phi) is 3.44. The molecule has 2 saturated heterocycles. The van der Waals surface area contributed by atoms with E-state index in [1.54, 1.807) is 0 Å². The van der Waals surface area contributed by atoms with Gasteiger partial charge in [0.25, 0.3) is 0 Å². The summed E-state index contributed by atoms with van der Waals surface area (Å²) < 4.78 is 0. The van der Waals surface area contributed by atoms with Crippen molar-refractivity contribution in [2.45, 2.75) is 31.8 Å². The second-order valence-electron chi connectivity index (χ2n) is 5.42. The van der Waals surface area contributed by atoms with Crippen LogP contribution in [0.2, 0.25) is 0 Å². The van der Waals surface area contributed by atoms with E-state index in [2.05, 4.69) is 40.5 Å². The highest BCUT2D eigenvalue weighted by atomic mass is 15.2. The lowest BCUT2D eigenvalue weighted by Crippen LogP contribution is -2.33. The highest BCUT2D eigenvalue weighted by Crippen LogP contribution is 2.30. The predicted molar refractivity (Wildman–Crippen MR) is 70.9 cm³/mol. The van der Waals surface area contributed by atoms with Gasteiger partial charge in [-0.1, -0.05) is 30.3 Å². The molecule has 0 aromatic heterocycles. The number of rotatable bonds is 2.